The Kier molecular flexibility index (Phi) is 1.05. The number of fused-ring (bicyclic) bond motifs is 1. The molecule has 52 valence electrons. The summed E-state index contributed by atoms with van der Waals surface area (Å²) in [6.45, 7) is 0. The minimum atomic E-state index is 1.17. The van der Waals surface area contributed by atoms with Crippen LogP contribution < -0.4 is 5.53 Å². The Morgan fingerprint density at radius 2 is 2.30 bits per heavy atom. The third kappa shape index (κ3) is 0.717. The molecule has 0 aliphatic carbocycles. The summed E-state index contributed by atoms with van der Waals surface area (Å²) in [6.07, 6.45) is 10.1. The van der Waals surface area contributed by atoms with Crippen molar-refractivity contribution in [1.29, 1.82) is 0 Å². The average Bonchev–Trinajstić information content (AvgIpc) is 2.27. The molecule has 0 fully saturated rings. The highest BCUT2D eigenvalue weighted by molar-refractivity contribution is 5.28. The molecule has 2 heterocycles. The van der Waals surface area contributed by atoms with E-state index in [2.05, 4.69) is 11.6 Å². The number of nitrogens with zero attached hydrogens (tertiary/aromatic N) is 2. The van der Waals surface area contributed by atoms with Crippen LogP contribution in [0.25, 0.3) is 0 Å². The minimum absolute atomic E-state index is 1.17. The quantitative estimate of drug-likeness (QED) is 0.524. The van der Waals surface area contributed by atoms with E-state index in [1.807, 2.05) is 41.6 Å². The SMILES string of the molecule is CN1C=C2C=CC=CN2N1. The zero-order valence-corrected chi connectivity index (χ0v) is 5.78. The molecule has 0 amide bonds. The van der Waals surface area contributed by atoms with Gasteiger partial charge < -0.3 is 0 Å². The molecular formula is C7H9N3. The molecule has 3 nitrogen and oxygen atoms in total. The highest BCUT2D eigenvalue weighted by Crippen LogP contribution is 2.14. The van der Waals surface area contributed by atoms with Crippen LogP contribution in [0.5, 0.6) is 0 Å². The van der Waals surface area contributed by atoms with Crippen LogP contribution in [-0.2, 0) is 0 Å². The summed E-state index contributed by atoms with van der Waals surface area (Å²) in [6, 6.07) is 0. The van der Waals surface area contributed by atoms with Gasteiger partial charge in [0, 0.05) is 19.4 Å². The van der Waals surface area contributed by atoms with Gasteiger partial charge in [0.05, 0.1) is 5.70 Å². The normalized spacial score (nSPS) is 21.5. The lowest BCUT2D eigenvalue weighted by molar-refractivity contribution is 0.206. The zero-order valence-electron chi connectivity index (χ0n) is 5.78. The van der Waals surface area contributed by atoms with Crippen molar-refractivity contribution in [2.24, 2.45) is 0 Å². The van der Waals surface area contributed by atoms with Crippen LogP contribution in [0.2, 0.25) is 0 Å². The molecule has 0 bridgehead atoms. The van der Waals surface area contributed by atoms with Crippen molar-refractivity contribution in [3.05, 3.63) is 36.3 Å². The maximum Gasteiger partial charge on any atom is 0.0762 e. The predicted molar refractivity (Wildman–Crippen MR) is 39.1 cm³/mol. The molecule has 1 N–H and O–H groups in total. The van der Waals surface area contributed by atoms with E-state index in [-0.39, 0.29) is 0 Å². The summed E-state index contributed by atoms with van der Waals surface area (Å²) in [5.41, 5.74) is 4.26. The van der Waals surface area contributed by atoms with Crippen LogP contribution >= 0.6 is 0 Å². The predicted octanol–water partition coefficient (Wildman–Crippen LogP) is 0.578. The number of allylic oxidation sites excluding steroid dienone is 3. The monoisotopic (exact) mass is 135 g/mol. The molecule has 2 rings (SSSR count). The van der Waals surface area contributed by atoms with Gasteiger partial charge in [0.1, 0.15) is 0 Å². The van der Waals surface area contributed by atoms with Crippen LogP contribution in [0.3, 0.4) is 0 Å². The highest BCUT2D eigenvalue weighted by atomic mass is 15.8. The second-order valence-corrected chi connectivity index (χ2v) is 2.34. The van der Waals surface area contributed by atoms with E-state index in [0.717, 1.165) is 0 Å². The van der Waals surface area contributed by atoms with Crippen molar-refractivity contribution < 1.29 is 0 Å². The summed E-state index contributed by atoms with van der Waals surface area (Å²) < 4.78 is 0. The van der Waals surface area contributed by atoms with Gasteiger partial charge in [0.15, 0.2) is 0 Å². The van der Waals surface area contributed by atoms with Gasteiger partial charge in [-0.05, 0) is 12.2 Å². The lowest BCUT2D eigenvalue weighted by Crippen LogP contribution is -2.34. The van der Waals surface area contributed by atoms with Crippen LogP contribution in [0.15, 0.2) is 36.3 Å². The molecule has 0 aromatic heterocycles. The molecular weight excluding hydrogens is 126 g/mol. The topological polar surface area (TPSA) is 18.5 Å². The fraction of sp³-hybridized carbons (Fsp3) is 0.143. The first-order valence-corrected chi connectivity index (χ1v) is 3.21. The van der Waals surface area contributed by atoms with Crippen molar-refractivity contribution in [2.45, 2.75) is 0 Å². The van der Waals surface area contributed by atoms with Crippen LogP contribution in [0, 0.1) is 0 Å². The first-order chi connectivity index (χ1) is 4.86. The largest absolute Gasteiger partial charge is 0.299 e. The van der Waals surface area contributed by atoms with Gasteiger partial charge in [0.2, 0.25) is 0 Å². The van der Waals surface area contributed by atoms with E-state index in [9.17, 15) is 0 Å². The highest BCUT2D eigenvalue weighted by Gasteiger charge is 2.13. The van der Waals surface area contributed by atoms with E-state index >= 15 is 0 Å². The standard InChI is InChI=1S/C7H9N3/c1-9-6-7-4-2-3-5-10(7)8-9/h2-6,8H,1H3. The molecule has 0 radical (unpaired) electrons. The molecule has 0 spiro atoms. The summed E-state index contributed by atoms with van der Waals surface area (Å²) >= 11 is 0. The van der Waals surface area contributed by atoms with E-state index in [1.165, 1.54) is 5.70 Å². The fourth-order valence-electron chi connectivity index (χ4n) is 1.05. The molecule has 2 aliphatic rings. The summed E-state index contributed by atoms with van der Waals surface area (Å²) in [7, 11) is 1.97. The lowest BCUT2D eigenvalue weighted by Gasteiger charge is -2.18. The van der Waals surface area contributed by atoms with Crippen LogP contribution in [0.1, 0.15) is 0 Å². The Morgan fingerprint density at radius 1 is 1.40 bits per heavy atom. The van der Waals surface area contributed by atoms with E-state index < -0.39 is 0 Å². The van der Waals surface area contributed by atoms with E-state index in [4.69, 9.17) is 0 Å². The van der Waals surface area contributed by atoms with Gasteiger partial charge in [-0.2, -0.15) is 0 Å². The van der Waals surface area contributed by atoms with E-state index in [0.29, 0.717) is 0 Å². The summed E-state index contributed by atoms with van der Waals surface area (Å²) in [4.78, 5) is 0. The van der Waals surface area contributed by atoms with Gasteiger partial charge in [-0.3, -0.25) is 10.0 Å². The molecule has 3 heteroatoms. The molecule has 0 saturated carbocycles. The third-order valence-electron chi connectivity index (χ3n) is 1.48. The van der Waals surface area contributed by atoms with Gasteiger partial charge >= 0.3 is 0 Å². The van der Waals surface area contributed by atoms with Crippen molar-refractivity contribution in [1.82, 2.24) is 15.6 Å². The number of hydrogen-bond donors (Lipinski definition) is 1. The summed E-state index contributed by atoms with van der Waals surface area (Å²) in [5, 5.41) is 3.87. The first kappa shape index (κ1) is 5.56. The second-order valence-electron chi connectivity index (χ2n) is 2.34. The van der Waals surface area contributed by atoms with Crippen LogP contribution in [-0.4, -0.2) is 17.1 Å². The number of hydrogen-bond acceptors (Lipinski definition) is 3. The van der Waals surface area contributed by atoms with Crippen molar-refractivity contribution in [3.8, 4) is 0 Å². The molecule has 0 saturated heterocycles. The number of hydrazine groups is 2. The fourth-order valence-corrected chi connectivity index (χ4v) is 1.05. The van der Waals surface area contributed by atoms with E-state index in [1.54, 1.807) is 0 Å². The average molecular weight is 135 g/mol. The Balaban J connectivity index is 2.29. The smallest absolute Gasteiger partial charge is 0.0762 e. The zero-order chi connectivity index (χ0) is 6.97. The van der Waals surface area contributed by atoms with Crippen LogP contribution in [0.4, 0.5) is 0 Å². The number of rotatable bonds is 0. The number of nitrogens with one attached hydrogen (secondary N) is 1. The van der Waals surface area contributed by atoms with Gasteiger partial charge in [0.25, 0.3) is 0 Å². The van der Waals surface area contributed by atoms with Gasteiger partial charge in [-0.25, -0.2) is 0 Å². The Bertz CT molecular complexity index is 227. The molecule has 10 heavy (non-hydrogen) atoms. The van der Waals surface area contributed by atoms with Crippen molar-refractivity contribution in [3.63, 3.8) is 0 Å². The maximum absolute atomic E-state index is 3.09. The van der Waals surface area contributed by atoms with Gasteiger partial charge in [-0.15, -0.1) is 5.53 Å². The molecule has 0 aromatic carbocycles. The summed E-state index contributed by atoms with van der Waals surface area (Å²) in [5.74, 6) is 0. The first-order valence-electron chi connectivity index (χ1n) is 3.21. The van der Waals surface area contributed by atoms with Crippen molar-refractivity contribution in [2.75, 3.05) is 7.05 Å². The Morgan fingerprint density at radius 3 is 3.10 bits per heavy atom. The lowest BCUT2D eigenvalue weighted by atomic mass is 10.3. The maximum atomic E-state index is 3.09. The van der Waals surface area contributed by atoms with Gasteiger partial charge in [-0.1, -0.05) is 6.08 Å². The third-order valence-corrected chi connectivity index (χ3v) is 1.48. The molecule has 0 unspecified atom stereocenters. The minimum Gasteiger partial charge on any atom is -0.299 e. The molecule has 2 aliphatic heterocycles. The Hall–Kier alpha value is -1.22. The molecule has 0 aromatic rings. The van der Waals surface area contributed by atoms with Crippen molar-refractivity contribution >= 4 is 0 Å². The molecule has 0 atom stereocenters. The second kappa shape index (κ2) is 1.88. The Labute approximate surface area is 59.9 Å².